The molecule has 0 aromatic heterocycles. The minimum absolute atomic E-state index is 0.0266. The summed E-state index contributed by atoms with van der Waals surface area (Å²) in [6.07, 6.45) is 2.07. The van der Waals surface area contributed by atoms with E-state index in [1.54, 1.807) is 0 Å². The number of benzene rings is 3. The maximum absolute atomic E-state index is 11.8. The Labute approximate surface area is 169 Å². The van der Waals surface area contributed by atoms with E-state index in [-0.39, 0.29) is 5.92 Å². The Morgan fingerprint density at radius 2 is 1.29 bits per heavy atom. The summed E-state index contributed by atoms with van der Waals surface area (Å²) in [4.78, 5) is 0. The van der Waals surface area contributed by atoms with Gasteiger partial charge < -0.3 is 10.4 Å². The zero-order chi connectivity index (χ0) is 19.8. The molecule has 0 amide bonds. The van der Waals surface area contributed by atoms with Crippen LogP contribution in [-0.4, -0.2) is 18.2 Å². The van der Waals surface area contributed by atoms with Gasteiger partial charge in [0.25, 0.3) is 0 Å². The summed E-state index contributed by atoms with van der Waals surface area (Å²) in [6, 6.07) is 28.6. The SMILES string of the molecule is CCc1ccccc1CCNCC(C)C(O)(c1ccccc1)c1ccccc1. The third-order valence-electron chi connectivity index (χ3n) is 5.66. The van der Waals surface area contributed by atoms with Gasteiger partial charge in [0.1, 0.15) is 5.60 Å². The Balaban J connectivity index is 1.70. The van der Waals surface area contributed by atoms with Crippen LogP contribution in [0.3, 0.4) is 0 Å². The first-order valence-electron chi connectivity index (χ1n) is 10.3. The fourth-order valence-corrected chi connectivity index (χ4v) is 3.96. The highest BCUT2D eigenvalue weighted by molar-refractivity contribution is 5.37. The van der Waals surface area contributed by atoms with Crippen molar-refractivity contribution in [2.75, 3.05) is 13.1 Å². The van der Waals surface area contributed by atoms with Crippen molar-refractivity contribution in [1.29, 1.82) is 0 Å². The van der Waals surface area contributed by atoms with Gasteiger partial charge in [0.05, 0.1) is 0 Å². The van der Waals surface area contributed by atoms with Gasteiger partial charge in [0.15, 0.2) is 0 Å². The maximum atomic E-state index is 11.8. The second-order valence-corrected chi connectivity index (χ2v) is 7.48. The zero-order valence-electron chi connectivity index (χ0n) is 16.9. The standard InChI is InChI=1S/C26H31NO/c1-3-22-12-10-11-13-23(22)18-19-27-20-21(2)26(28,24-14-6-4-7-15-24)25-16-8-5-9-17-25/h4-17,21,27-28H,3,18-20H2,1-2H3. The molecule has 0 aliphatic rings. The molecule has 0 fully saturated rings. The first-order chi connectivity index (χ1) is 13.7. The third kappa shape index (κ3) is 4.52. The van der Waals surface area contributed by atoms with Gasteiger partial charge in [-0.15, -0.1) is 0 Å². The minimum atomic E-state index is -1.02. The van der Waals surface area contributed by atoms with Crippen LogP contribution in [0.25, 0.3) is 0 Å². The molecule has 0 spiro atoms. The van der Waals surface area contributed by atoms with Crippen LogP contribution < -0.4 is 5.32 Å². The summed E-state index contributed by atoms with van der Waals surface area (Å²) < 4.78 is 0. The number of rotatable bonds is 9. The largest absolute Gasteiger partial charge is 0.380 e. The van der Waals surface area contributed by atoms with Crippen molar-refractivity contribution < 1.29 is 5.11 Å². The van der Waals surface area contributed by atoms with Gasteiger partial charge in [-0.25, -0.2) is 0 Å². The van der Waals surface area contributed by atoms with E-state index in [9.17, 15) is 5.11 Å². The van der Waals surface area contributed by atoms with Crippen molar-refractivity contribution in [3.8, 4) is 0 Å². The average Bonchev–Trinajstić information content (AvgIpc) is 2.77. The van der Waals surface area contributed by atoms with Crippen LogP contribution in [0.4, 0.5) is 0 Å². The summed E-state index contributed by atoms with van der Waals surface area (Å²) in [5.74, 6) is 0.0266. The zero-order valence-corrected chi connectivity index (χ0v) is 16.9. The second kappa shape index (κ2) is 9.68. The van der Waals surface area contributed by atoms with E-state index in [1.807, 2.05) is 60.7 Å². The van der Waals surface area contributed by atoms with Crippen LogP contribution in [0.5, 0.6) is 0 Å². The van der Waals surface area contributed by atoms with Crippen LogP contribution in [-0.2, 0) is 18.4 Å². The second-order valence-electron chi connectivity index (χ2n) is 7.48. The maximum Gasteiger partial charge on any atom is 0.118 e. The lowest BCUT2D eigenvalue weighted by molar-refractivity contribution is 0.0242. The lowest BCUT2D eigenvalue weighted by atomic mass is 9.77. The molecule has 0 bridgehead atoms. The Morgan fingerprint density at radius 1 is 0.786 bits per heavy atom. The summed E-state index contributed by atoms with van der Waals surface area (Å²) in [6.45, 7) is 5.97. The molecule has 2 N–H and O–H groups in total. The minimum Gasteiger partial charge on any atom is -0.380 e. The van der Waals surface area contributed by atoms with E-state index >= 15 is 0 Å². The highest BCUT2D eigenvalue weighted by atomic mass is 16.3. The Kier molecular flexibility index (Phi) is 7.02. The highest BCUT2D eigenvalue weighted by Gasteiger charge is 2.37. The normalized spacial score (nSPS) is 12.7. The van der Waals surface area contributed by atoms with E-state index in [2.05, 4.69) is 43.4 Å². The van der Waals surface area contributed by atoms with Crippen LogP contribution in [0, 0.1) is 5.92 Å². The van der Waals surface area contributed by atoms with Gasteiger partial charge >= 0.3 is 0 Å². The van der Waals surface area contributed by atoms with E-state index in [1.165, 1.54) is 11.1 Å². The van der Waals surface area contributed by atoms with Gasteiger partial charge in [-0.2, -0.15) is 0 Å². The number of hydrogen-bond donors (Lipinski definition) is 2. The van der Waals surface area contributed by atoms with Gasteiger partial charge in [0.2, 0.25) is 0 Å². The molecule has 3 aromatic rings. The molecule has 0 radical (unpaired) electrons. The lowest BCUT2D eigenvalue weighted by Gasteiger charge is -2.35. The molecule has 146 valence electrons. The molecule has 3 rings (SSSR count). The van der Waals surface area contributed by atoms with Crippen molar-refractivity contribution in [3.63, 3.8) is 0 Å². The number of aliphatic hydroxyl groups is 1. The predicted octanol–water partition coefficient (Wildman–Crippen LogP) is 4.95. The van der Waals surface area contributed by atoms with Crippen LogP contribution in [0.15, 0.2) is 84.9 Å². The number of hydrogen-bond acceptors (Lipinski definition) is 2. The van der Waals surface area contributed by atoms with E-state index in [0.717, 1.165) is 37.1 Å². The summed E-state index contributed by atoms with van der Waals surface area (Å²) in [5.41, 5.74) is 3.68. The predicted molar refractivity (Wildman–Crippen MR) is 117 cm³/mol. The van der Waals surface area contributed by atoms with Gasteiger partial charge in [-0.3, -0.25) is 0 Å². The van der Waals surface area contributed by atoms with E-state index in [4.69, 9.17) is 0 Å². The van der Waals surface area contributed by atoms with Crippen LogP contribution in [0.1, 0.15) is 36.1 Å². The summed E-state index contributed by atoms with van der Waals surface area (Å²) >= 11 is 0. The van der Waals surface area contributed by atoms with Gasteiger partial charge in [0, 0.05) is 12.5 Å². The van der Waals surface area contributed by atoms with Crippen molar-refractivity contribution >= 4 is 0 Å². The van der Waals surface area contributed by atoms with E-state index < -0.39 is 5.60 Å². The smallest absolute Gasteiger partial charge is 0.118 e. The molecule has 1 atom stereocenters. The molecule has 0 aliphatic carbocycles. The Hall–Kier alpha value is -2.42. The van der Waals surface area contributed by atoms with Crippen LogP contribution in [0.2, 0.25) is 0 Å². The average molecular weight is 374 g/mol. The molecule has 0 saturated heterocycles. The molecule has 0 aliphatic heterocycles. The first kappa shape index (κ1) is 20.3. The van der Waals surface area contributed by atoms with Crippen molar-refractivity contribution in [1.82, 2.24) is 5.32 Å². The van der Waals surface area contributed by atoms with Crippen molar-refractivity contribution in [2.24, 2.45) is 5.92 Å². The molecule has 28 heavy (non-hydrogen) atoms. The number of aryl methyl sites for hydroxylation is 1. The lowest BCUT2D eigenvalue weighted by Crippen LogP contribution is -2.40. The molecular formula is C26H31NO. The molecular weight excluding hydrogens is 342 g/mol. The molecule has 2 nitrogen and oxygen atoms in total. The molecule has 1 unspecified atom stereocenters. The van der Waals surface area contributed by atoms with Gasteiger partial charge in [-0.05, 0) is 41.6 Å². The topological polar surface area (TPSA) is 32.3 Å². The monoisotopic (exact) mass is 373 g/mol. The van der Waals surface area contributed by atoms with E-state index in [0.29, 0.717) is 0 Å². The Bertz CT molecular complexity index is 805. The summed E-state index contributed by atoms with van der Waals surface area (Å²) in [5, 5.41) is 15.4. The number of nitrogens with one attached hydrogen (secondary N) is 1. The third-order valence-corrected chi connectivity index (χ3v) is 5.66. The molecule has 0 heterocycles. The highest BCUT2D eigenvalue weighted by Crippen LogP contribution is 2.36. The molecule has 2 heteroatoms. The fourth-order valence-electron chi connectivity index (χ4n) is 3.96. The van der Waals surface area contributed by atoms with Crippen LogP contribution >= 0.6 is 0 Å². The van der Waals surface area contributed by atoms with Gasteiger partial charge in [-0.1, -0.05) is 98.8 Å². The fraction of sp³-hybridized carbons (Fsp3) is 0.308. The first-order valence-corrected chi connectivity index (χ1v) is 10.3. The Morgan fingerprint density at radius 3 is 1.82 bits per heavy atom. The summed E-state index contributed by atoms with van der Waals surface area (Å²) in [7, 11) is 0. The quantitative estimate of drug-likeness (QED) is 0.520. The molecule has 0 saturated carbocycles. The molecule has 3 aromatic carbocycles. The van der Waals surface area contributed by atoms with Crippen molar-refractivity contribution in [2.45, 2.75) is 32.3 Å². The van der Waals surface area contributed by atoms with Crippen molar-refractivity contribution in [3.05, 3.63) is 107 Å².